The molecule has 4 N–H and O–H groups in total. The SMILES string of the molecule is CC(N)(Cc1ccc(OCc2cccs2)cc1)C(N)=O. The highest BCUT2D eigenvalue weighted by molar-refractivity contribution is 7.09. The molecule has 4 nitrogen and oxygen atoms in total. The van der Waals surface area contributed by atoms with Crippen LogP contribution in [-0.4, -0.2) is 11.4 Å². The highest BCUT2D eigenvalue weighted by Crippen LogP contribution is 2.18. The first-order valence-corrected chi connectivity index (χ1v) is 7.18. The van der Waals surface area contributed by atoms with Crippen molar-refractivity contribution < 1.29 is 9.53 Å². The smallest absolute Gasteiger partial charge is 0.237 e. The molecule has 0 saturated carbocycles. The minimum Gasteiger partial charge on any atom is -0.488 e. The second-order valence-corrected chi connectivity index (χ2v) is 6.00. The first kappa shape index (κ1) is 14.6. The van der Waals surface area contributed by atoms with Crippen molar-refractivity contribution in [3.63, 3.8) is 0 Å². The van der Waals surface area contributed by atoms with E-state index in [1.54, 1.807) is 18.3 Å². The predicted molar refractivity (Wildman–Crippen MR) is 80.6 cm³/mol. The van der Waals surface area contributed by atoms with Gasteiger partial charge in [0.1, 0.15) is 12.4 Å². The maximum Gasteiger partial charge on any atom is 0.237 e. The van der Waals surface area contributed by atoms with Crippen LogP contribution in [0.2, 0.25) is 0 Å². The number of hydrogen-bond acceptors (Lipinski definition) is 4. The number of nitrogens with two attached hydrogens (primary N) is 2. The number of hydrogen-bond donors (Lipinski definition) is 2. The van der Waals surface area contributed by atoms with Gasteiger partial charge in [-0.2, -0.15) is 0 Å². The lowest BCUT2D eigenvalue weighted by atomic mass is 9.93. The fourth-order valence-corrected chi connectivity index (χ4v) is 2.38. The second-order valence-electron chi connectivity index (χ2n) is 4.97. The molecule has 1 amide bonds. The van der Waals surface area contributed by atoms with E-state index in [2.05, 4.69) is 0 Å². The van der Waals surface area contributed by atoms with Crippen LogP contribution in [0.4, 0.5) is 0 Å². The van der Waals surface area contributed by atoms with E-state index in [4.69, 9.17) is 16.2 Å². The Morgan fingerprint density at radius 1 is 1.30 bits per heavy atom. The molecule has 1 heterocycles. The van der Waals surface area contributed by atoms with E-state index in [1.807, 2.05) is 41.8 Å². The Balaban J connectivity index is 1.94. The molecule has 20 heavy (non-hydrogen) atoms. The molecular weight excluding hydrogens is 272 g/mol. The van der Waals surface area contributed by atoms with Crippen LogP contribution in [0, 0.1) is 0 Å². The van der Waals surface area contributed by atoms with Crippen molar-refractivity contribution in [2.45, 2.75) is 25.5 Å². The normalized spacial score (nSPS) is 13.7. The lowest BCUT2D eigenvalue weighted by Crippen LogP contribution is -2.51. The van der Waals surface area contributed by atoms with Gasteiger partial charge in [0.05, 0.1) is 5.54 Å². The lowest BCUT2D eigenvalue weighted by Gasteiger charge is -2.20. The molecule has 1 unspecified atom stereocenters. The third-order valence-corrected chi connectivity index (χ3v) is 3.87. The van der Waals surface area contributed by atoms with Crippen molar-refractivity contribution in [2.75, 3.05) is 0 Å². The summed E-state index contributed by atoms with van der Waals surface area (Å²) in [5.41, 5.74) is 11.0. The molecule has 0 fully saturated rings. The highest BCUT2D eigenvalue weighted by Gasteiger charge is 2.25. The third-order valence-electron chi connectivity index (χ3n) is 3.02. The van der Waals surface area contributed by atoms with Gasteiger partial charge in [-0.3, -0.25) is 4.79 Å². The largest absolute Gasteiger partial charge is 0.488 e. The van der Waals surface area contributed by atoms with Gasteiger partial charge in [0, 0.05) is 4.88 Å². The monoisotopic (exact) mass is 290 g/mol. The summed E-state index contributed by atoms with van der Waals surface area (Å²) in [5.74, 6) is 0.287. The molecule has 106 valence electrons. The zero-order valence-electron chi connectivity index (χ0n) is 11.3. The molecule has 2 rings (SSSR count). The predicted octanol–water partition coefficient (Wildman–Crippen LogP) is 2.07. The van der Waals surface area contributed by atoms with Gasteiger partial charge >= 0.3 is 0 Å². The lowest BCUT2D eigenvalue weighted by molar-refractivity contribution is -0.122. The van der Waals surface area contributed by atoms with Crippen molar-refractivity contribution in [1.82, 2.24) is 0 Å². The van der Waals surface area contributed by atoms with E-state index in [-0.39, 0.29) is 0 Å². The molecule has 0 aliphatic rings. The molecule has 5 heteroatoms. The first-order chi connectivity index (χ1) is 9.47. The van der Waals surface area contributed by atoms with Crippen LogP contribution in [0.3, 0.4) is 0 Å². The Morgan fingerprint density at radius 2 is 2.00 bits per heavy atom. The van der Waals surface area contributed by atoms with Gasteiger partial charge in [-0.15, -0.1) is 11.3 Å². The molecule has 1 aromatic heterocycles. The van der Waals surface area contributed by atoms with Crippen LogP contribution in [0.15, 0.2) is 41.8 Å². The number of benzene rings is 1. The first-order valence-electron chi connectivity index (χ1n) is 6.30. The van der Waals surface area contributed by atoms with Crippen LogP contribution < -0.4 is 16.2 Å². The van der Waals surface area contributed by atoms with Gasteiger partial charge in [0.2, 0.25) is 5.91 Å². The zero-order chi connectivity index (χ0) is 14.6. The van der Waals surface area contributed by atoms with Gasteiger partial charge in [-0.25, -0.2) is 0 Å². The summed E-state index contributed by atoms with van der Waals surface area (Å²) in [6.07, 6.45) is 0.410. The number of primary amides is 1. The topological polar surface area (TPSA) is 78.3 Å². The Kier molecular flexibility index (Phi) is 4.42. The van der Waals surface area contributed by atoms with E-state index in [0.29, 0.717) is 13.0 Å². The summed E-state index contributed by atoms with van der Waals surface area (Å²) in [6, 6.07) is 11.6. The standard InChI is InChI=1S/C15H18N2O2S/c1-15(17,14(16)18)9-11-4-6-12(7-5-11)19-10-13-3-2-8-20-13/h2-8H,9-10,17H2,1H3,(H2,16,18). The van der Waals surface area contributed by atoms with Crippen molar-refractivity contribution in [1.29, 1.82) is 0 Å². The van der Waals surface area contributed by atoms with Crippen molar-refractivity contribution in [3.8, 4) is 5.75 Å². The van der Waals surface area contributed by atoms with Gasteiger partial charge in [0.25, 0.3) is 0 Å². The van der Waals surface area contributed by atoms with Crippen molar-refractivity contribution in [2.24, 2.45) is 11.5 Å². The summed E-state index contributed by atoms with van der Waals surface area (Å²) in [4.78, 5) is 12.4. The molecule has 0 saturated heterocycles. The van der Waals surface area contributed by atoms with Gasteiger partial charge < -0.3 is 16.2 Å². The van der Waals surface area contributed by atoms with E-state index >= 15 is 0 Å². The summed E-state index contributed by atoms with van der Waals surface area (Å²) in [6.45, 7) is 2.20. The van der Waals surface area contributed by atoms with Crippen LogP contribution in [0.25, 0.3) is 0 Å². The Labute approximate surface area is 122 Å². The number of amides is 1. The quantitative estimate of drug-likeness (QED) is 0.855. The maximum atomic E-state index is 11.2. The fraction of sp³-hybridized carbons (Fsp3) is 0.267. The number of carbonyl (C=O) groups excluding carboxylic acids is 1. The molecule has 2 aromatic rings. The molecule has 1 atom stereocenters. The molecule has 0 aliphatic heterocycles. The van der Waals surface area contributed by atoms with Crippen LogP contribution >= 0.6 is 11.3 Å². The molecule has 0 aliphatic carbocycles. The van der Waals surface area contributed by atoms with E-state index in [1.165, 1.54) is 4.88 Å². The average Bonchev–Trinajstić information content (AvgIpc) is 2.90. The molecular formula is C15H18N2O2S. The molecule has 0 radical (unpaired) electrons. The van der Waals surface area contributed by atoms with E-state index in [9.17, 15) is 4.79 Å². The van der Waals surface area contributed by atoms with E-state index < -0.39 is 11.4 Å². The second kappa shape index (κ2) is 6.07. The van der Waals surface area contributed by atoms with Gasteiger partial charge in [0.15, 0.2) is 0 Å². The summed E-state index contributed by atoms with van der Waals surface area (Å²) in [7, 11) is 0. The number of thiophene rings is 1. The van der Waals surface area contributed by atoms with Crippen molar-refractivity contribution >= 4 is 17.2 Å². The zero-order valence-corrected chi connectivity index (χ0v) is 12.2. The number of ether oxygens (including phenoxy) is 1. The maximum absolute atomic E-state index is 11.2. The van der Waals surface area contributed by atoms with Crippen LogP contribution in [0.5, 0.6) is 5.75 Å². The molecule has 0 bridgehead atoms. The van der Waals surface area contributed by atoms with Crippen molar-refractivity contribution in [3.05, 3.63) is 52.2 Å². The molecule has 0 spiro atoms. The average molecular weight is 290 g/mol. The molecule has 1 aromatic carbocycles. The Bertz CT molecular complexity index is 562. The van der Waals surface area contributed by atoms with Crippen LogP contribution in [-0.2, 0) is 17.8 Å². The summed E-state index contributed by atoms with van der Waals surface area (Å²) in [5, 5.41) is 2.02. The number of rotatable bonds is 6. The number of carbonyl (C=O) groups is 1. The van der Waals surface area contributed by atoms with Gasteiger partial charge in [-0.1, -0.05) is 18.2 Å². The third kappa shape index (κ3) is 3.82. The minimum absolute atomic E-state index is 0.410. The van der Waals surface area contributed by atoms with Crippen LogP contribution in [0.1, 0.15) is 17.4 Å². The highest BCUT2D eigenvalue weighted by atomic mass is 32.1. The summed E-state index contributed by atoms with van der Waals surface area (Å²) < 4.78 is 5.67. The van der Waals surface area contributed by atoms with Gasteiger partial charge in [-0.05, 0) is 42.5 Å². The fourth-order valence-electron chi connectivity index (χ4n) is 1.76. The Morgan fingerprint density at radius 3 is 2.55 bits per heavy atom. The minimum atomic E-state index is -1.03. The Hall–Kier alpha value is -1.85. The summed E-state index contributed by atoms with van der Waals surface area (Å²) >= 11 is 1.66. The van der Waals surface area contributed by atoms with E-state index in [0.717, 1.165) is 11.3 Å².